The van der Waals surface area contributed by atoms with Gasteiger partial charge in [-0.3, -0.25) is 4.79 Å². The van der Waals surface area contributed by atoms with Crippen LogP contribution in [0.3, 0.4) is 0 Å². The molecule has 0 spiro atoms. The maximum absolute atomic E-state index is 10.5. The largest absolute Gasteiger partial charge is 0.481 e. The summed E-state index contributed by atoms with van der Waals surface area (Å²) in [4.78, 5) is 11.8. The molecule has 1 aromatic rings. The molecule has 2 saturated heterocycles. The third kappa shape index (κ3) is 4.39. The SMILES string of the molecule is O=C(O)CCCC=CC[C@@H]1[C@H](Sc2ccccc2)[C@@H]2CC[C@H]1O2. The Morgan fingerprint density at radius 3 is 2.78 bits per heavy atom. The number of hydrogen-bond acceptors (Lipinski definition) is 3. The molecule has 124 valence electrons. The number of carboxylic acid groups (broad SMARTS) is 1. The van der Waals surface area contributed by atoms with E-state index in [1.165, 1.54) is 17.7 Å². The minimum absolute atomic E-state index is 0.258. The number of thioether (sulfide) groups is 1. The Hall–Kier alpha value is -1.26. The average Bonchev–Trinajstić information content (AvgIpc) is 3.14. The topological polar surface area (TPSA) is 46.5 Å². The summed E-state index contributed by atoms with van der Waals surface area (Å²) < 4.78 is 6.15. The number of allylic oxidation sites excluding steroid dienone is 2. The number of carboxylic acids is 1. The second-order valence-electron chi connectivity index (χ2n) is 6.34. The normalized spacial score (nSPS) is 29.4. The van der Waals surface area contributed by atoms with E-state index in [-0.39, 0.29) is 6.42 Å². The minimum atomic E-state index is -0.709. The van der Waals surface area contributed by atoms with Crippen LogP contribution in [0.1, 0.15) is 38.5 Å². The van der Waals surface area contributed by atoms with Gasteiger partial charge in [0.25, 0.3) is 0 Å². The molecule has 2 aliphatic rings. The third-order valence-electron chi connectivity index (χ3n) is 4.70. The van der Waals surface area contributed by atoms with Crippen molar-refractivity contribution in [2.75, 3.05) is 0 Å². The zero-order valence-corrected chi connectivity index (χ0v) is 14.1. The first-order valence-electron chi connectivity index (χ1n) is 8.48. The maximum atomic E-state index is 10.5. The first-order chi connectivity index (χ1) is 11.2. The zero-order valence-electron chi connectivity index (χ0n) is 13.3. The molecule has 4 atom stereocenters. The van der Waals surface area contributed by atoms with E-state index in [0.29, 0.717) is 23.4 Å². The second-order valence-corrected chi connectivity index (χ2v) is 7.59. The smallest absolute Gasteiger partial charge is 0.303 e. The van der Waals surface area contributed by atoms with Gasteiger partial charge < -0.3 is 9.84 Å². The van der Waals surface area contributed by atoms with Crippen LogP contribution < -0.4 is 0 Å². The highest BCUT2D eigenvalue weighted by atomic mass is 32.2. The Morgan fingerprint density at radius 2 is 2.00 bits per heavy atom. The van der Waals surface area contributed by atoms with Crippen molar-refractivity contribution in [3.8, 4) is 0 Å². The van der Waals surface area contributed by atoms with E-state index in [2.05, 4.69) is 42.5 Å². The van der Waals surface area contributed by atoms with Crippen molar-refractivity contribution in [2.45, 2.75) is 60.9 Å². The molecule has 0 radical (unpaired) electrons. The van der Waals surface area contributed by atoms with Crippen LogP contribution in [-0.2, 0) is 9.53 Å². The number of benzene rings is 1. The van der Waals surface area contributed by atoms with Crippen molar-refractivity contribution in [1.82, 2.24) is 0 Å². The van der Waals surface area contributed by atoms with Crippen molar-refractivity contribution < 1.29 is 14.6 Å². The molecule has 1 aromatic carbocycles. The number of carbonyl (C=O) groups is 1. The van der Waals surface area contributed by atoms with Gasteiger partial charge in [0.2, 0.25) is 0 Å². The van der Waals surface area contributed by atoms with Crippen LogP contribution in [0.25, 0.3) is 0 Å². The summed E-state index contributed by atoms with van der Waals surface area (Å²) in [6, 6.07) is 10.6. The predicted octanol–water partition coefficient (Wildman–Crippen LogP) is 4.53. The lowest BCUT2D eigenvalue weighted by molar-refractivity contribution is -0.137. The van der Waals surface area contributed by atoms with Crippen molar-refractivity contribution in [2.24, 2.45) is 5.92 Å². The molecule has 0 aromatic heterocycles. The van der Waals surface area contributed by atoms with Crippen molar-refractivity contribution in [3.05, 3.63) is 42.5 Å². The van der Waals surface area contributed by atoms with Crippen LogP contribution in [0.15, 0.2) is 47.4 Å². The molecule has 0 saturated carbocycles. The summed E-state index contributed by atoms with van der Waals surface area (Å²) in [5, 5.41) is 9.19. The highest BCUT2D eigenvalue weighted by molar-refractivity contribution is 8.00. The van der Waals surface area contributed by atoms with Crippen LogP contribution in [0.4, 0.5) is 0 Å². The lowest BCUT2D eigenvalue weighted by Gasteiger charge is -2.26. The molecule has 4 heteroatoms. The fourth-order valence-corrected chi connectivity index (χ4v) is 5.02. The predicted molar refractivity (Wildman–Crippen MR) is 92.7 cm³/mol. The van der Waals surface area contributed by atoms with Gasteiger partial charge in [-0.25, -0.2) is 0 Å². The van der Waals surface area contributed by atoms with E-state index in [9.17, 15) is 4.79 Å². The molecular formula is C19H24O3S. The second kappa shape index (κ2) is 8.02. The number of unbranched alkanes of at least 4 members (excludes halogenated alkanes) is 1. The van der Waals surface area contributed by atoms with Gasteiger partial charge >= 0.3 is 5.97 Å². The van der Waals surface area contributed by atoms with Gasteiger partial charge in [0.15, 0.2) is 0 Å². The van der Waals surface area contributed by atoms with E-state index >= 15 is 0 Å². The summed E-state index contributed by atoms with van der Waals surface area (Å²) >= 11 is 1.96. The summed E-state index contributed by atoms with van der Waals surface area (Å²) in [6.45, 7) is 0. The summed E-state index contributed by atoms with van der Waals surface area (Å²) in [6.07, 6.45) is 10.4. The van der Waals surface area contributed by atoms with Gasteiger partial charge in [-0.05, 0) is 44.2 Å². The highest BCUT2D eigenvalue weighted by Gasteiger charge is 2.48. The van der Waals surface area contributed by atoms with Gasteiger partial charge in [-0.15, -0.1) is 11.8 Å². The number of rotatable bonds is 8. The number of ether oxygens (including phenoxy) is 1. The third-order valence-corrected chi connectivity index (χ3v) is 6.17. The number of fused-ring (bicyclic) bond motifs is 2. The Labute approximate surface area is 142 Å². The quantitative estimate of drug-likeness (QED) is 0.561. The van der Waals surface area contributed by atoms with E-state index in [1.807, 2.05) is 11.8 Å². The fraction of sp³-hybridized carbons (Fsp3) is 0.526. The Kier molecular flexibility index (Phi) is 5.79. The van der Waals surface area contributed by atoms with E-state index < -0.39 is 5.97 Å². The van der Waals surface area contributed by atoms with Crippen LogP contribution in [0.5, 0.6) is 0 Å². The highest BCUT2D eigenvalue weighted by Crippen LogP contribution is 2.48. The Bertz CT molecular complexity index is 543. The first kappa shape index (κ1) is 16.6. The van der Waals surface area contributed by atoms with Crippen molar-refractivity contribution >= 4 is 17.7 Å². The Balaban J connectivity index is 1.52. The van der Waals surface area contributed by atoms with Crippen LogP contribution in [-0.4, -0.2) is 28.5 Å². The minimum Gasteiger partial charge on any atom is -0.481 e. The molecule has 23 heavy (non-hydrogen) atoms. The molecule has 3 rings (SSSR count). The molecular weight excluding hydrogens is 308 g/mol. The molecule has 0 amide bonds. The molecule has 0 aliphatic carbocycles. The van der Waals surface area contributed by atoms with Gasteiger partial charge in [-0.2, -0.15) is 0 Å². The van der Waals surface area contributed by atoms with E-state index in [0.717, 1.165) is 19.3 Å². The maximum Gasteiger partial charge on any atom is 0.303 e. The van der Waals surface area contributed by atoms with Gasteiger partial charge in [-0.1, -0.05) is 30.4 Å². The standard InChI is InChI=1S/C19H24O3S/c20-18(21)11-7-2-1-6-10-15-16-12-13-17(22-16)19(15)23-14-8-4-3-5-9-14/h1,3-6,8-9,15-17,19H,2,7,10-13H2,(H,20,21)/t15-,16+,17-,19-/m0/s1. The van der Waals surface area contributed by atoms with Gasteiger partial charge in [0.1, 0.15) is 0 Å². The summed E-state index contributed by atoms with van der Waals surface area (Å²) in [5.74, 6) is -0.131. The van der Waals surface area contributed by atoms with Gasteiger partial charge in [0, 0.05) is 22.5 Å². The fourth-order valence-electron chi connectivity index (χ4n) is 3.58. The molecule has 2 heterocycles. The first-order valence-corrected chi connectivity index (χ1v) is 9.36. The van der Waals surface area contributed by atoms with Crippen LogP contribution in [0, 0.1) is 5.92 Å². The average molecular weight is 332 g/mol. The molecule has 2 bridgehead atoms. The number of hydrogen-bond donors (Lipinski definition) is 1. The molecule has 3 nitrogen and oxygen atoms in total. The number of aliphatic carboxylic acids is 1. The van der Waals surface area contributed by atoms with Crippen LogP contribution >= 0.6 is 11.8 Å². The van der Waals surface area contributed by atoms with Gasteiger partial charge in [0.05, 0.1) is 12.2 Å². The lowest BCUT2D eigenvalue weighted by Crippen LogP contribution is -2.29. The summed E-state index contributed by atoms with van der Waals surface area (Å²) in [7, 11) is 0. The van der Waals surface area contributed by atoms with Crippen molar-refractivity contribution in [3.63, 3.8) is 0 Å². The lowest BCUT2D eigenvalue weighted by atomic mass is 9.86. The Morgan fingerprint density at radius 1 is 1.22 bits per heavy atom. The monoisotopic (exact) mass is 332 g/mol. The zero-order chi connectivity index (χ0) is 16.1. The summed E-state index contributed by atoms with van der Waals surface area (Å²) in [5.41, 5.74) is 0. The molecule has 2 fully saturated rings. The molecule has 1 N–H and O–H groups in total. The van der Waals surface area contributed by atoms with Crippen LogP contribution in [0.2, 0.25) is 0 Å². The molecule has 2 aliphatic heterocycles. The van der Waals surface area contributed by atoms with Crippen molar-refractivity contribution in [1.29, 1.82) is 0 Å². The van der Waals surface area contributed by atoms with E-state index in [4.69, 9.17) is 9.84 Å². The molecule has 0 unspecified atom stereocenters. The van der Waals surface area contributed by atoms with E-state index in [1.54, 1.807) is 0 Å².